The molecule has 0 unspecified atom stereocenters. The minimum absolute atomic E-state index is 0.637. The quantitative estimate of drug-likeness (QED) is 0.604. The fraction of sp³-hybridized carbons (Fsp3) is 0. The number of rotatable bonds is 2. The van der Waals surface area contributed by atoms with E-state index in [0.29, 0.717) is 5.56 Å². The van der Waals surface area contributed by atoms with Crippen molar-refractivity contribution in [1.29, 1.82) is 0 Å². The number of hydrogen-bond donors (Lipinski definition) is 0. The Hall–Kier alpha value is -0.0366. The predicted molar refractivity (Wildman–Crippen MR) is 48.7 cm³/mol. The van der Waals surface area contributed by atoms with Crippen LogP contribution in [0.25, 0.3) is 0 Å². The van der Waals surface area contributed by atoms with Gasteiger partial charge in [0.05, 0.1) is 0 Å². The topological polar surface area (TPSA) is 17.1 Å². The summed E-state index contributed by atoms with van der Waals surface area (Å²) in [4.78, 5) is 10.5. The van der Waals surface area contributed by atoms with Crippen LogP contribution >= 0.6 is 19.4 Å². The maximum atomic E-state index is 10.5. The van der Waals surface area contributed by atoms with Crippen LogP contribution in [0.4, 0.5) is 0 Å². The van der Waals surface area contributed by atoms with Gasteiger partial charge in [-0.25, -0.2) is 0 Å². The SMILES string of the molecule is O=Cc1ccccc1[CH]=[Ru]([Cl])[Cl]. The van der Waals surface area contributed by atoms with E-state index in [1.54, 1.807) is 16.7 Å². The molecule has 0 saturated carbocycles. The van der Waals surface area contributed by atoms with Gasteiger partial charge < -0.3 is 0 Å². The van der Waals surface area contributed by atoms with E-state index in [9.17, 15) is 4.79 Å². The molecule has 1 aromatic carbocycles. The van der Waals surface area contributed by atoms with Gasteiger partial charge in [-0.3, -0.25) is 0 Å². The number of carbonyl (C=O) groups excluding carboxylic acids is 1. The molecular weight excluding hydrogens is 284 g/mol. The van der Waals surface area contributed by atoms with E-state index >= 15 is 0 Å². The Bertz CT molecular complexity index is 319. The molecule has 1 aromatic rings. The van der Waals surface area contributed by atoms with Crippen LogP contribution in [0.5, 0.6) is 0 Å². The second-order valence-corrected chi connectivity index (χ2v) is 7.78. The van der Waals surface area contributed by atoms with Gasteiger partial charge in [0.15, 0.2) is 0 Å². The summed E-state index contributed by atoms with van der Waals surface area (Å²) in [5.41, 5.74) is 1.47. The molecule has 0 radical (unpaired) electrons. The molecule has 0 bridgehead atoms. The molecule has 0 spiro atoms. The molecule has 1 rings (SSSR count). The molecular formula is C8H6Cl2ORu. The van der Waals surface area contributed by atoms with Crippen LogP contribution in [0, 0.1) is 0 Å². The van der Waals surface area contributed by atoms with Crippen LogP contribution in [-0.2, 0) is 13.5 Å². The van der Waals surface area contributed by atoms with Crippen molar-refractivity contribution in [3.05, 3.63) is 35.4 Å². The summed E-state index contributed by atoms with van der Waals surface area (Å²) in [6, 6.07) is 7.23. The number of halogens is 2. The van der Waals surface area contributed by atoms with Gasteiger partial charge in [-0.15, -0.1) is 0 Å². The molecule has 0 N–H and O–H groups in total. The first-order valence-corrected chi connectivity index (χ1v) is 8.59. The summed E-state index contributed by atoms with van der Waals surface area (Å²) < 4.78 is 1.76. The Morgan fingerprint density at radius 2 is 1.75 bits per heavy atom. The molecule has 0 amide bonds. The van der Waals surface area contributed by atoms with E-state index in [-0.39, 0.29) is 0 Å². The Kier molecular flexibility index (Phi) is 4.07. The number of benzene rings is 1. The van der Waals surface area contributed by atoms with Crippen molar-refractivity contribution in [2.24, 2.45) is 0 Å². The van der Waals surface area contributed by atoms with E-state index in [2.05, 4.69) is 0 Å². The van der Waals surface area contributed by atoms with Crippen molar-refractivity contribution in [3.63, 3.8) is 0 Å². The second kappa shape index (κ2) is 4.86. The Balaban J connectivity index is 3.14. The zero-order valence-electron chi connectivity index (χ0n) is 5.98. The van der Waals surface area contributed by atoms with Gasteiger partial charge in [0.2, 0.25) is 0 Å². The summed E-state index contributed by atoms with van der Waals surface area (Å²) in [5, 5.41) is 0. The number of carbonyl (C=O) groups is 1. The molecule has 0 heterocycles. The van der Waals surface area contributed by atoms with Crippen LogP contribution in [0.3, 0.4) is 0 Å². The van der Waals surface area contributed by atoms with Crippen LogP contribution in [0.15, 0.2) is 24.3 Å². The Labute approximate surface area is 83.8 Å². The normalized spacial score (nSPS) is 10.7. The average Bonchev–Trinajstić information content (AvgIpc) is 2.04. The van der Waals surface area contributed by atoms with E-state index < -0.39 is 13.5 Å². The molecule has 12 heavy (non-hydrogen) atoms. The third-order valence-electron chi connectivity index (χ3n) is 1.31. The molecule has 0 fully saturated rings. The summed E-state index contributed by atoms with van der Waals surface area (Å²) in [7, 11) is 11.4. The maximum absolute atomic E-state index is 10.5. The van der Waals surface area contributed by atoms with Gasteiger partial charge in [0, 0.05) is 0 Å². The van der Waals surface area contributed by atoms with E-state index in [0.717, 1.165) is 11.8 Å². The summed E-state index contributed by atoms with van der Waals surface area (Å²) in [6.07, 6.45) is 0.803. The van der Waals surface area contributed by atoms with Crippen LogP contribution in [0.2, 0.25) is 0 Å². The van der Waals surface area contributed by atoms with Crippen LogP contribution in [0.1, 0.15) is 15.9 Å². The third kappa shape index (κ3) is 2.78. The molecule has 0 saturated heterocycles. The van der Waals surface area contributed by atoms with Crippen molar-refractivity contribution in [3.8, 4) is 0 Å². The molecule has 1 nitrogen and oxygen atoms in total. The predicted octanol–water partition coefficient (Wildman–Crippen LogP) is 2.58. The average molecular weight is 290 g/mol. The van der Waals surface area contributed by atoms with Gasteiger partial charge in [-0.2, -0.15) is 0 Å². The van der Waals surface area contributed by atoms with Gasteiger partial charge in [0.25, 0.3) is 0 Å². The zero-order chi connectivity index (χ0) is 8.97. The van der Waals surface area contributed by atoms with Crippen molar-refractivity contribution < 1.29 is 18.3 Å². The van der Waals surface area contributed by atoms with E-state index in [1.807, 2.05) is 12.1 Å². The number of hydrogen-bond acceptors (Lipinski definition) is 1. The minimum atomic E-state index is -1.82. The Morgan fingerprint density at radius 3 is 2.25 bits per heavy atom. The van der Waals surface area contributed by atoms with Gasteiger partial charge in [-0.05, 0) is 0 Å². The fourth-order valence-corrected chi connectivity index (χ4v) is 2.64. The van der Waals surface area contributed by atoms with Crippen molar-refractivity contribution >= 4 is 30.3 Å². The first-order chi connectivity index (χ1) is 5.74. The standard InChI is InChI=1S/C8H6O.2ClH.Ru/c1-7-4-2-3-5-8(7)6-9;;;/h1-6H;2*1H;/q;;;+2/p-2. The monoisotopic (exact) mass is 290 g/mol. The molecule has 66 valence electrons. The molecule has 0 atom stereocenters. The molecule has 0 aliphatic rings. The van der Waals surface area contributed by atoms with Gasteiger partial charge in [0.1, 0.15) is 0 Å². The summed E-state index contributed by atoms with van der Waals surface area (Å²) in [6.45, 7) is 0. The van der Waals surface area contributed by atoms with Crippen molar-refractivity contribution in [2.75, 3.05) is 0 Å². The zero-order valence-corrected chi connectivity index (χ0v) is 9.23. The molecule has 0 aliphatic heterocycles. The van der Waals surface area contributed by atoms with Crippen LogP contribution in [-0.4, -0.2) is 10.9 Å². The van der Waals surface area contributed by atoms with Crippen molar-refractivity contribution in [1.82, 2.24) is 0 Å². The van der Waals surface area contributed by atoms with Crippen LogP contribution < -0.4 is 0 Å². The summed E-state index contributed by atoms with van der Waals surface area (Å²) in [5.74, 6) is 0. The van der Waals surface area contributed by atoms with E-state index in [1.165, 1.54) is 0 Å². The first kappa shape index (κ1) is 10.0. The molecule has 0 aliphatic carbocycles. The summed E-state index contributed by atoms with van der Waals surface area (Å²) >= 11 is -1.82. The third-order valence-corrected chi connectivity index (χ3v) is 3.14. The molecule has 0 aromatic heterocycles. The van der Waals surface area contributed by atoms with Gasteiger partial charge in [-0.1, -0.05) is 0 Å². The van der Waals surface area contributed by atoms with Crippen molar-refractivity contribution in [2.45, 2.75) is 0 Å². The van der Waals surface area contributed by atoms with E-state index in [4.69, 9.17) is 19.4 Å². The number of aldehydes is 1. The molecule has 4 heteroatoms. The second-order valence-electron chi connectivity index (χ2n) is 2.05. The first-order valence-electron chi connectivity index (χ1n) is 3.11. The Morgan fingerprint density at radius 1 is 1.17 bits per heavy atom. The fourth-order valence-electron chi connectivity index (χ4n) is 0.794. The van der Waals surface area contributed by atoms with Gasteiger partial charge >= 0.3 is 84.0 Å².